The van der Waals surface area contributed by atoms with E-state index in [-0.39, 0.29) is 46.5 Å². The predicted octanol–water partition coefficient (Wildman–Crippen LogP) is 6.67. The fraction of sp³-hybridized carbons (Fsp3) is 0.667. The Bertz CT molecular complexity index is 1160. The average Bonchev–Trinajstić information content (AvgIpc) is 3.11. The van der Waals surface area contributed by atoms with Crippen LogP contribution in [0.2, 0.25) is 0 Å². The van der Waals surface area contributed by atoms with Crippen molar-refractivity contribution in [3.8, 4) is 11.5 Å². The maximum absolute atomic E-state index is 14.8. The topological polar surface area (TPSA) is 74.8 Å². The van der Waals surface area contributed by atoms with Gasteiger partial charge in [0.25, 0.3) is 0 Å². The molecule has 4 rings (SSSR count). The molecule has 1 aromatic carbocycles. The molecule has 2 saturated heterocycles. The normalized spacial score (nSPS) is 22.0. The summed E-state index contributed by atoms with van der Waals surface area (Å²) in [6.45, 7) is 11.9. The van der Waals surface area contributed by atoms with Crippen molar-refractivity contribution in [2.75, 3.05) is 30.8 Å². The summed E-state index contributed by atoms with van der Waals surface area (Å²) in [7, 11) is 2.11. The largest absolute Gasteiger partial charge is 0.486 e. The third kappa shape index (κ3) is 7.94. The third-order valence-electron chi connectivity index (χ3n) is 8.54. The maximum atomic E-state index is 14.8. The monoisotopic (exact) mass is 578 g/mol. The summed E-state index contributed by atoms with van der Waals surface area (Å²) in [5.74, 6) is -0.152. The van der Waals surface area contributed by atoms with Crippen molar-refractivity contribution in [1.82, 2.24) is 19.8 Å². The van der Waals surface area contributed by atoms with Crippen LogP contribution in [0.5, 0.6) is 11.5 Å². The van der Waals surface area contributed by atoms with Gasteiger partial charge in [0, 0.05) is 41.5 Å². The lowest BCUT2D eigenvalue weighted by Gasteiger charge is -2.53. The van der Waals surface area contributed by atoms with Crippen molar-refractivity contribution in [2.45, 2.75) is 110 Å². The number of hydrogen-bond acceptors (Lipinski definition) is 8. The molecular weight excluding hydrogens is 533 g/mol. The molecule has 2 aliphatic rings. The van der Waals surface area contributed by atoms with Crippen LogP contribution >= 0.6 is 0 Å². The van der Waals surface area contributed by atoms with Crippen LogP contribution in [0.25, 0.3) is 0 Å². The number of hydrogen-bond donors (Lipinski definition) is 2. The first-order chi connectivity index (χ1) is 19.2. The number of benzene rings is 1. The van der Waals surface area contributed by atoms with Gasteiger partial charge in [-0.25, -0.2) is 9.37 Å². The van der Waals surface area contributed by atoms with Gasteiger partial charge in [-0.2, -0.15) is 13.8 Å². The Labute approximate surface area is 242 Å². The maximum Gasteiger partial charge on any atom is 0.387 e. The smallest absolute Gasteiger partial charge is 0.387 e. The number of nitrogens with zero attached hydrogens (tertiary/aromatic N) is 4. The number of rotatable bonds is 9. The molecule has 2 aromatic rings. The second-order valence-electron chi connectivity index (χ2n) is 12.8. The van der Waals surface area contributed by atoms with Crippen molar-refractivity contribution in [1.29, 1.82) is 0 Å². The molecule has 1 atom stereocenters. The predicted molar refractivity (Wildman–Crippen MR) is 156 cm³/mol. The highest BCUT2D eigenvalue weighted by atomic mass is 19.3. The Balaban J connectivity index is 1.48. The van der Waals surface area contributed by atoms with Crippen molar-refractivity contribution < 1.29 is 22.6 Å². The molecule has 11 heteroatoms. The summed E-state index contributed by atoms with van der Waals surface area (Å²) in [5, 5.41) is 6.27. The van der Waals surface area contributed by atoms with E-state index in [2.05, 4.69) is 79.0 Å². The van der Waals surface area contributed by atoms with Crippen LogP contribution in [0.15, 0.2) is 24.4 Å². The lowest BCUT2D eigenvalue weighted by molar-refractivity contribution is -0.0521. The zero-order chi connectivity index (χ0) is 29.9. The van der Waals surface area contributed by atoms with Crippen molar-refractivity contribution >= 4 is 17.5 Å². The first-order valence-electron chi connectivity index (χ1n) is 14.5. The Kier molecular flexibility index (Phi) is 9.58. The van der Waals surface area contributed by atoms with E-state index in [9.17, 15) is 13.2 Å². The highest BCUT2D eigenvalue weighted by Gasteiger charge is 2.43. The third-order valence-corrected chi connectivity index (χ3v) is 8.54. The Morgan fingerprint density at radius 3 is 2.39 bits per heavy atom. The first-order valence-corrected chi connectivity index (χ1v) is 14.5. The minimum Gasteiger partial charge on any atom is -0.486 e. The molecule has 0 spiro atoms. The molecule has 1 aromatic heterocycles. The molecule has 2 N–H and O–H groups in total. The SMILES string of the molecule is CC(C)N1CCCC(Oc2ccc(Nc3ncc(F)c(NC4CC(C)(C)N(C)C(C)(C)C4)n3)cc2OC(F)F)CC1. The van der Waals surface area contributed by atoms with Gasteiger partial charge in [0.2, 0.25) is 5.95 Å². The zero-order valence-electron chi connectivity index (χ0n) is 25.3. The second-order valence-corrected chi connectivity index (χ2v) is 12.8. The minimum absolute atomic E-state index is 0.00697. The van der Waals surface area contributed by atoms with Crippen LogP contribution < -0.4 is 20.1 Å². The first kappa shape index (κ1) is 31.2. The minimum atomic E-state index is -3.01. The van der Waals surface area contributed by atoms with Gasteiger partial charge in [-0.05, 0) is 99.4 Å². The van der Waals surface area contributed by atoms with E-state index in [1.54, 1.807) is 12.1 Å². The van der Waals surface area contributed by atoms with Crippen molar-refractivity contribution in [2.24, 2.45) is 0 Å². The summed E-state index contributed by atoms with van der Waals surface area (Å²) in [6.07, 6.45) is 5.24. The number of halogens is 3. The van der Waals surface area contributed by atoms with Gasteiger partial charge in [0.15, 0.2) is 23.1 Å². The number of likely N-dealkylation sites (tertiary alicyclic amines) is 2. The molecule has 2 fully saturated rings. The van der Waals surface area contributed by atoms with E-state index in [0.717, 1.165) is 51.4 Å². The Hall–Kier alpha value is -2.79. The van der Waals surface area contributed by atoms with Crippen molar-refractivity contribution in [3.63, 3.8) is 0 Å². The van der Waals surface area contributed by atoms with Gasteiger partial charge in [-0.15, -0.1) is 0 Å². The number of piperidine rings is 1. The quantitative estimate of drug-likeness (QED) is 0.342. The van der Waals surface area contributed by atoms with Crippen LogP contribution in [0.1, 0.15) is 73.6 Å². The fourth-order valence-electron chi connectivity index (χ4n) is 6.10. The molecule has 41 heavy (non-hydrogen) atoms. The van der Waals surface area contributed by atoms with E-state index < -0.39 is 12.4 Å². The number of alkyl halides is 2. The van der Waals surface area contributed by atoms with Crippen LogP contribution in [0, 0.1) is 5.82 Å². The molecule has 0 amide bonds. The highest BCUT2D eigenvalue weighted by molar-refractivity contribution is 5.60. The Morgan fingerprint density at radius 1 is 1.02 bits per heavy atom. The number of aromatic nitrogens is 2. The summed E-state index contributed by atoms with van der Waals surface area (Å²) >= 11 is 0. The number of ether oxygens (including phenoxy) is 2. The Morgan fingerprint density at radius 2 is 1.73 bits per heavy atom. The van der Waals surface area contributed by atoms with Crippen LogP contribution in [0.3, 0.4) is 0 Å². The van der Waals surface area contributed by atoms with E-state index >= 15 is 0 Å². The summed E-state index contributed by atoms with van der Waals surface area (Å²) < 4.78 is 52.4. The lowest BCUT2D eigenvalue weighted by Crippen LogP contribution is -2.61. The van der Waals surface area contributed by atoms with Crippen LogP contribution in [-0.2, 0) is 0 Å². The summed E-state index contributed by atoms with van der Waals surface area (Å²) in [6, 6.07) is 5.18. The summed E-state index contributed by atoms with van der Waals surface area (Å²) in [4.78, 5) is 13.2. The molecule has 228 valence electrons. The van der Waals surface area contributed by atoms with Gasteiger partial charge >= 0.3 is 6.61 Å². The van der Waals surface area contributed by atoms with Gasteiger partial charge in [-0.3, -0.25) is 4.90 Å². The van der Waals surface area contributed by atoms with Crippen LogP contribution in [-0.4, -0.2) is 75.8 Å². The van der Waals surface area contributed by atoms with E-state index in [1.165, 1.54) is 6.07 Å². The molecular formula is C30H45F3N6O2. The number of nitrogens with one attached hydrogen (secondary N) is 2. The van der Waals surface area contributed by atoms with E-state index in [0.29, 0.717) is 11.7 Å². The molecule has 0 aliphatic carbocycles. The van der Waals surface area contributed by atoms with Gasteiger partial charge in [0.05, 0.1) is 6.20 Å². The van der Waals surface area contributed by atoms with Crippen LogP contribution in [0.4, 0.5) is 30.6 Å². The van der Waals surface area contributed by atoms with Gasteiger partial charge < -0.3 is 25.0 Å². The molecule has 3 heterocycles. The molecule has 0 radical (unpaired) electrons. The fourth-order valence-corrected chi connectivity index (χ4v) is 6.10. The van der Waals surface area contributed by atoms with Gasteiger partial charge in [0.1, 0.15) is 6.10 Å². The van der Waals surface area contributed by atoms with Crippen molar-refractivity contribution in [3.05, 3.63) is 30.2 Å². The average molecular weight is 579 g/mol. The molecule has 2 aliphatic heterocycles. The van der Waals surface area contributed by atoms with E-state index in [1.807, 2.05) is 0 Å². The highest BCUT2D eigenvalue weighted by Crippen LogP contribution is 2.38. The molecule has 1 unspecified atom stereocenters. The lowest BCUT2D eigenvalue weighted by atomic mass is 9.77. The second kappa shape index (κ2) is 12.6. The molecule has 8 nitrogen and oxygen atoms in total. The number of anilines is 3. The van der Waals surface area contributed by atoms with Gasteiger partial charge in [-0.1, -0.05) is 0 Å². The molecule has 0 saturated carbocycles. The standard InChI is InChI=1S/C30H45F3N6O2/c1-19(2)39-13-8-9-22(12-14-39)40-24-11-10-20(15-25(24)41-27(32)33)36-28-34-18-23(31)26(37-28)35-21-16-29(3,4)38(7)30(5,6)17-21/h10-11,15,18-19,21-22,27H,8-9,12-14,16-17H2,1-7H3,(H2,34,35,36,37). The zero-order valence-corrected chi connectivity index (χ0v) is 25.3. The van der Waals surface area contributed by atoms with E-state index in [4.69, 9.17) is 9.47 Å². The molecule has 0 bridgehead atoms. The summed E-state index contributed by atoms with van der Waals surface area (Å²) in [5.41, 5.74) is 0.248.